The van der Waals surface area contributed by atoms with Crippen LogP contribution >= 0.6 is 0 Å². The monoisotopic (exact) mass is 551 g/mol. The zero-order valence-electron chi connectivity index (χ0n) is 21.6. The Bertz CT molecular complexity index is 1510. The second kappa shape index (κ2) is 10.7. The number of benzene rings is 1. The fourth-order valence-corrected chi connectivity index (χ4v) is 4.72. The Hall–Kier alpha value is -4.26. The summed E-state index contributed by atoms with van der Waals surface area (Å²) in [5, 5.41) is 6.61. The molecule has 1 amide bonds. The van der Waals surface area contributed by atoms with Gasteiger partial charge in [-0.1, -0.05) is 6.07 Å². The highest BCUT2D eigenvalue weighted by molar-refractivity contribution is 5.83. The van der Waals surface area contributed by atoms with Crippen LogP contribution in [-0.4, -0.2) is 79.0 Å². The third kappa shape index (κ3) is 6.47. The van der Waals surface area contributed by atoms with E-state index in [1.165, 1.54) is 17.7 Å². The number of amides is 1. The second-order valence-electron chi connectivity index (χ2n) is 10.1. The predicted octanol–water partition coefficient (Wildman–Crippen LogP) is 4.33. The van der Waals surface area contributed by atoms with Crippen molar-refractivity contribution in [1.29, 1.82) is 0 Å². The van der Waals surface area contributed by atoms with E-state index in [-0.39, 0.29) is 13.1 Å². The van der Waals surface area contributed by atoms with Crippen LogP contribution in [0.1, 0.15) is 24.8 Å². The molecule has 4 aromatic rings. The fourth-order valence-electron chi connectivity index (χ4n) is 4.72. The van der Waals surface area contributed by atoms with Gasteiger partial charge in [0.1, 0.15) is 24.4 Å². The Morgan fingerprint density at radius 2 is 1.82 bits per heavy atom. The van der Waals surface area contributed by atoms with Crippen LogP contribution < -0.4 is 10.6 Å². The van der Waals surface area contributed by atoms with E-state index < -0.39 is 18.5 Å². The molecule has 1 saturated heterocycles. The number of hydrogen-bond donors (Lipinski definition) is 3. The van der Waals surface area contributed by atoms with Gasteiger partial charge < -0.3 is 20.5 Å². The summed E-state index contributed by atoms with van der Waals surface area (Å²) in [5.41, 5.74) is 4.41. The van der Waals surface area contributed by atoms with Crippen molar-refractivity contribution in [1.82, 2.24) is 34.7 Å². The number of carbonyl (C=O) groups is 1. The first kappa shape index (κ1) is 26.0. The molecule has 6 rings (SSSR count). The van der Waals surface area contributed by atoms with Gasteiger partial charge in [0.2, 0.25) is 11.9 Å². The third-order valence-corrected chi connectivity index (χ3v) is 6.93. The number of pyridine rings is 1. The van der Waals surface area contributed by atoms with Gasteiger partial charge in [-0.05, 0) is 42.7 Å². The second-order valence-corrected chi connectivity index (χ2v) is 10.1. The number of imidazole rings is 1. The minimum atomic E-state index is -4.48. The number of H-pyrrole nitrogens is 1. The van der Waals surface area contributed by atoms with Crippen molar-refractivity contribution in [2.24, 2.45) is 0 Å². The quantitative estimate of drug-likeness (QED) is 0.297. The van der Waals surface area contributed by atoms with Crippen molar-refractivity contribution in [3.05, 3.63) is 54.5 Å². The highest BCUT2D eigenvalue weighted by Crippen LogP contribution is 2.28. The molecule has 0 atom stereocenters. The molecule has 40 heavy (non-hydrogen) atoms. The minimum Gasteiger partial charge on any atom is -0.367 e. The van der Waals surface area contributed by atoms with Crippen LogP contribution in [0.15, 0.2) is 48.9 Å². The topological polar surface area (TPSA) is 115 Å². The molecule has 2 aliphatic rings. The van der Waals surface area contributed by atoms with Crippen molar-refractivity contribution >= 4 is 34.5 Å². The van der Waals surface area contributed by atoms with E-state index in [1.807, 2.05) is 36.4 Å². The molecule has 3 aromatic heterocycles. The summed E-state index contributed by atoms with van der Waals surface area (Å²) in [6.45, 7) is 2.16. The van der Waals surface area contributed by atoms with E-state index >= 15 is 0 Å². The molecule has 4 heterocycles. The normalized spacial score (nSPS) is 16.3. The first-order valence-electron chi connectivity index (χ1n) is 13.1. The number of piperazine rings is 1. The van der Waals surface area contributed by atoms with Crippen LogP contribution in [0, 0.1) is 0 Å². The number of alkyl halides is 3. The summed E-state index contributed by atoms with van der Waals surface area (Å²) in [4.78, 5) is 36.3. The summed E-state index contributed by atoms with van der Waals surface area (Å²) in [5.74, 6) is 1.12. The Kier molecular flexibility index (Phi) is 6.96. The number of rotatable bonds is 8. The lowest BCUT2D eigenvalue weighted by molar-refractivity contribution is -0.162. The molecule has 1 aliphatic carbocycles. The number of anilines is 3. The number of nitrogens with zero attached hydrogens (tertiary/aromatic N) is 6. The molecule has 0 bridgehead atoms. The third-order valence-electron chi connectivity index (χ3n) is 6.93. The Labute approximate surface area is 228 Å². The molecule has 0 spiro atoms. The largest absolute Gasteiger partial charge is 0.397 e. The van der Waals surface area contributed by atoms with Crippen molar-refractivity contribution in [3.8, 4) is 11.3 Å². The number of halogens is 3. The zero-order valence-corrected chi connectivity index (χ0v) is 21.6. The van der Waals surface area contributed by atoms with Crippen LogP contribution in [0.25, 0.3) is 22.3 Å². The molecule has 1 saturated carbocycles. The Morgan fingerprint density at radius 1 is 1.00 bits per heavy atom. The SMILES string of the molecule is O=C(CC(F)(F)F)N1CCN(Cc2ccnc(Nc3nc4ccc(-c5cc(NC6CC6)ncn5)cc4[nH]3)c2)CC1. The number of nitrogens with one attached hydrogen (secondary N) is 3. The van der Waals surface area contributed by atoms with E-state index in [1.54, 1.807) is 12.5 Å². The molecule has 13 heteroatoms. The van der Waals surface area contributed by atoms with Crippen molar-refractivity contribution in [2.45, 2.75) is 38.0 Å². The van der Waals surface area contributed by atoms with E-state index in [0.717, 1.165) is 33.7 Å². The summed E-state index contributed by atoms with van der Waals surface area (Å²) in [6, 6.07) is 12.2. The van der Waals surface area contributed by atoms with E-state index in [4.69, 9.17) is 0 Å². The van der Waals surface area contributed by atoms with Gasteiger partial charge in [0.05, 0.1) is 16.7 Å². The highest BCUT2D eigenvalue weighted by atomic mass is 19.4. The lowest BCUT2D eigenvalue weighted by Crippen LogP contribution is -2.49. The molecular weight excluding hydrogens is 523 g/mol. The number of hydrogen-bond acceptors (Lipinski definition) is 8. The maximum absolute atomic E-state index is 12.5. The van der Waals surface area contributed by atoms with Crippen LogP contribution in [-0.2, 0) is 11.3 Å². The zero-order chi connectivity index (χ0) is 27.7. The van der Waals surface area contributed by atoms with Gasteiger partial charge in [-0.3, -0.25) is 9.69 Å². The molecule has 3 N–H and O–H groups in total. The van der Waals surface area contributed by atoms with Crippen LogP contribution in [0.2, 0.25) is 0 Å². The molecule has 1 aliphatic heterocycles. The average molecular weight is 552 g/mol. The standard InChI is InChI=1S/C27H28F3N9O/c28-27(29,30)14-25(40)39-9-7-38(8-10-39)15-17-5-6-31-23(11-17)37-26-35-20-4-1-18(12-22(20)36-26)21-13-24(33-16-32-21)34-19-2-3-19/h1,4-6,11-13,16,19H,2-3,7-10,14-15H2,(H,32,33,34)(H2,31,35,36,37). The van der Waals surface area contributed by atoms with E-state index in [0.29, 0.717) is 37.4 Å². The Morgan fingerprint density at radius 3 is 2.60 bits per heavy atom. The first-order chi connectivity index (χ1) is 19.3. The highest BCUT2D eigenvalue weighted by Gasteiger charge is 2.34. The fraction of sp³-hybridized carbons (Fsp3) is 0.370. The number of carbonyl (C=O) groups excluding carboxylic acids is 1. The molecule has 10 nitrogen and oxygen atoms in total. The summed E-state index contributed by atoms with van der Waals surface area (Å²) in [6.07, 6.45) is -0.291. The molecular formula is C27H28F3N9O. The van der Waals surface area contributed by atoms with Gasteiger partial charge >= 0.3 is 6.18 Å². The van der Waals surface area contributed by atoms with Crippen LogP contribution in [0.5, 0.6) is 0 Å². The molecule has 208 valence electrons. The van der Waals surface area contributed by atoms with Crippen molar-refractivity contribution in [3.63, 3.8) is 0 Å². The lowest BCUT2D eigenvalue weighted by Gasteiger charge is -2.35. The average Bonchev–Trinajstić information content (AvgIpc) is 3.64. The predicted molar refractivity (Wildman–Crippen MR) is 144 cm³/mol. The molecule has 1 aromatic carbocycles. The first-order valence-corrected chi connectivity index (χ1v) is 13.1. The number of aromatic nitrogens is 5. The number of fused-ring (bicyclic) bond motifs is 1. The van der Waals surface area contributed by atoms with Gasteiger partial charge in [-0.25, -0.2) is 19.9 Å². The van der Waals surface area contributed by atoms with Gasteiger partial charge in [-0.2, -0.15) is 13.2 Å². The maximum Gasteiger partial charge on any atom is 0.397 e. The van der Waals surface area contributed by atoms with Crippen LogP contribution in [0.4, 0.5) is 30.8 Å². The molecule has 0 unspecified atom stereocenters. The van der Waals surface area contributed by atoms with Crippen molar-refractivity contribution in [2.75, 3.05) is 36.8 Å². The lowest BCUT2D eigenvalue weighted by atomic mass is 10.1. The summed E-state index contributed by atoms with van der Waals surface area (Å²) >= 11 is 0. The van der Waals surface area contributed by atoms with Gasteiger partial charge in [0.15, 0.2) is 0 Å². The van der Waals surface area contributed by atoms with Gasteiger partial charge in [0, 0.05) is 56.6 Å². The minimum absolute atomic E-state index is 0.277. The summed E-state index contributed by atoms with van der Waals surface area (Å²) in [7, 11) is 0. The van der Waals surface area contributed by atoms with Crippen LogP contribution in [0.3, 0.4) is 0 Å². The Balaban J connectivity index is 1.08. The van der Waals surface area contributed by atoms with Gasteiger partial charge in [-0.15, -0.1) is 0 Å². The maximum atomic E-state index is 12.5. The molecule has 2 fully saturated rings. The number of aromatic amines is 1. The van der Waals surface area contributed by atoms with Gasteiger partial charge in [0.25, 0.3) is 0 Å². The molecule has 0 radical (unpaired) electrons. The van der Waals surface area contributed by atoms with Crippen molar-refractivity contribution < 1.29 is 18.0 Å². The van der Waals surface area contributed by atoms with E-state index in [2.05, 4.69) is 40.5 Å². The van der Waals surface area contributed by atoms with E-state index in [9.17, 15) is 18.0 Å². The smallest absolute Gasteiger partial charge is 0.367 e. The summed E-state index contributed by atoms with van der Waals surface area (Å²) < 4.78 is 37.6.